The van der Waals surface area contributed by atoms with E-state index in [4.69, 9.17) is 11.6 Å². The minimum absolute atomic E-state index is 0.429. The Bertz CT molecular complexity index is 469. The molecular formula is C10H10ClN3O. The number of halogens is 1. The summed E-state index contributed by atoms with van der Waals surface area (Å²) in [6.45, 7) is 0. The van der Waals surface area contributed by atoms with Crippen LogP contribution in [-0.4, -0.2) is 19.9 Å². The first-order valence-corrected chi connectivity index (χ1v) is 4.84. The lowest BCUT2D eigenvalue weighted by Gasteiger charge is -2.08. The summed E-state index contributed by atoms with van der Waals surface area (Å²) in [5, 5.41) is 14.5. The summed E-state index contributed by atoms with van der Waals surface area (Å²) in [4.78, 5) is 4.03. The van der Waals surface area contributed by atoms with Crippen molar-refractivity contribution in [1.82, 2.24) is 14.8 Å². The van der Waals surface area contributed by atoms with E-state index >= 15 is 0 Å². The fourth-order valence-electron chi connectivity index (χ4n) is 1.32. The second-order valence-corrected chi connectivity index (χ2v) is 3.59. The Kier molecular flexibility index (Phi) is 2.70. The molecular weight excluding hydrogens is 214 g/mol. The van der Waals surface area contributed by atoms with Crippen molar-refractivity contribution in [2.24, 2.45) is 7.05 Å². The fraction of sp³-hybridized carbons (Fsp3) is 0.200. The van der Waals surface area contributed by atoms with Gasteiger partial charge < -0.3 is 5.11 Å². The van der Waals surface area contributed by atoms with Crippen LogP contribution in [0.4, 0.5) is 0 Å². The third kappa shape index (κ3) is 2.00. The van der Waals surface area contributed by atoms with Crippen LogP contribution in [-0.2, 0) is 7.05 Å². The number of aryl methyl sites for hydroxylation is 1. The molecule has 0 aliphatic rings. The maximum atomic E-state index is 9.96. The summed E-state index contributed by atoms with van der Waals surface area (Å²) in [5.41, 5.74) is 0.968. The largest absolute Gasteiger partial charge is 0.380 e. The highest BCUT2D eigenvalue weighted by atomic mass is 35.5. The van der Waals surface area contributed by atoms with Crippen LogP contribution in [0.25, 0.3) is 0 Å². The van der Waals surface area contributed by atoms with E-state index in [9.17, 15) is 5.11 Å². The van der Waals surface area contributed by atoms with Gasteiger partial charge in [-0.3, -0.25) is 9.67 Å². The Balaban J connectivity index is 2.36. The van der Waals surface area contributed by atoms with Crippen LogP contribution in [0, 0.1) is 0 Å². The molecule has 0 saturated heterocycles. The molecule has 0 fully saturated rings. The number of hydrogen-bond donors (Lipinski definition) is 1. The summed E-state index contributed by atoms with van der Waals surface area (Å²) in [5.74, 6) is 0. The highest BCUT2D eigenvalue weighted by Gasteiger charge is 2.17. The smallest absolute Gasteiger partial charge is 0.141 e. The van der Waals surface area contributed by atoms with Crippen LogP contribution in [0.5, 0.6) is 0 Å². The molecule has 2 aromatic heterocycles. The van der Waals surface area contributed by atoms with Gasteiger partial charge in [0.05, 0.1) is 16.4 Å². The Morgan fingerprint density at radius 2 is 2.27 bits per heavy atom. The van der Waals surface area contributed by atoms with Crippen LogP contribution >= 0.6 is 11.6 Å². The van der Waals surface area contributed by atoms with E-state index in [1.54, 1.807) is 42.3 Å². The molecule has 1 atom stereocenters. The molecule has 0 bridgehead atoms. The second kappa shape index (κ2) is 4.00. The zero-order chi connectivity index (χ0) is 10.8. The Hall–Kier alpha value is -1.39. The first kappa shape index (κ1) is 10.1. The van der Waals surface area contributed by atoms with Crippen molar-refractivity contribution in [2.45, 2.75) is 6.10 Å². The topological polar surface area (TPSA) is 50.9 Å². The maximum Gasteiger partial charge on any atom is 0.141 e. The molecule has 78 valence electrons. The summed E-state index contributed by atoms with van der Waals surface area (Å²) in [6, 6.07) is 5.14. The SMILES string of the molecule is Cn1ccc(C(O)c2ncccc2Cl)n1. The standard InChI is InChI=1S/C10H10ClN3O/c1-14-6-4-8(13-14)10(15)9-7(11)3-2-5-12-9/h2-6,10,15H,1H3. The van der Waals surface area contributed by atoms with Gasteiger partial charge in [0, 0.05) is 19.4 Å². The molecule has 0 radical (unpaired) electrons. The first-order valence-electron chi connectivity index (χ1n) is 4.46. The van der Waals surface area contributed by atoms with Crippen molar-refractivity contribution in [3.63, 3.8) is 0 Å². The molecule has 15 heavy (non-hydrogen) atoms. The normalized spacial score (nSPS) is 12.7. The summed E-state index contributed by atoms with van der Waals surface area (Å²) in [7, 11) is 1.79. The number of aliphatic hydroxyl groups is 1. The quantitative estimate of drug-likeness (QED) is 0.841. The third-order valence-electron chi connectivity index (χ3n) is 2.06. The molecule has 2 heterocycles. The number of pyridine rings is 1. The molecule has 5 heteroatoms. The van der Waals surface area contributed by atoms with Gasteiger partial charge in [0.15, 0.2) is 0 Å². The van der Waals surface area contributed by atoms with Gasteiger partial charge in [-0.1, -0.05) is 11.6 Å². The Morgan fingerprint density at radius 3 is 2.87 bits per heavy atom. The molecule has 0 aliphatic carbocycles. The molecule has 1 N–H and O–H groups in total. The van der Waals surface area contributed by atoms with Crippen LogP contribution < -0.4 is 0 Å². The van der Waals surface area contributed by atoms with Crippen LogP contribution in [0.3, 0.4) is 0 Å². The predicted molar refractivity (Wildman–Crippen MR) is 56.5 cm³/mol. The van der Waals surface area contributed by atoms with Gasteiger partial charge in [0.1, 0.15) is 6.10 Å². The average molecular weight is 224 g/mol. The molecule has 0 spiro atoms. The molecule has 4 nitrogen and oxygen atoms in total. The van der Waals surface area contributed by atoms with Crippen LogP contribution in [0.1, 0.15) is 17.5 Å². The van der Waals surface area contributed by atoms with E-state index in [-0.39, 0.29) is 0 Å². The van der Waals surface area contributed by atoms with E-state index in [1.807, 2.05) is 0 Å². The summed E-state index contributed by atoms with van der Waals surface area (Å²) in [6.07, 6.45) is 2.47. The van der Waals surface area contributed by atoms with E-state index < -0.39 is 6.10 Å². The average Bonchev–Trinajstić information content (AvgIpc) is 2.65. The van der Waals surface area contributed by atoms with Gasteiger partial charge in [-0.25, -0.2) is 0 Å². The van der Waals surface area contributed by atoms with Gasteiger partial charge in [-0.15, -0.1) is 0 Å². The second-order valence-electron chi connectivity index (χ2n) is 3.19. The predicted octanol–water partition coefficient (Wildman–Crippen LogP) is 1.55. The number of rotatable bonds is 2. The number of aliphatic hydroxyl groups excluding tert-OH is 1. The van der Waals surface area contributed by atoms with Crippen molar-refractivity contribution in [1.29, 1.82) is 0 Å². The van der Waals surface area contributed by atoms with Crippen molar-refractivity contribution in [3.8, 4) is 0 Å². The summed E-state index contributed by atoms with van der Waals surface area (Å²) < 4.78 is 1.62. The van der Waals surface area contributed by atoms with E-state index in [0.717, 1.165) is 0 Å². The van der Waals surface area contributed by atoms with Crippen molar-refractivity contribution >= 4 is 11.6 Å². The lowest BCUT2D eigenvalue weighted by Crippen LogP contribution is -2.04. The minimum Gasteiger partial charge on any atom is -0.380 e. The summed E-state index contributed by atoms with van der Waals surface area (Å²) >= 11 is 5.92. The number of nitrogens with zero attached hydrogens (tertiary/aromatic N) is 3. The van der Waals surface area contributed by atoms with Gasteiger partial charge in [-0.2, -0.15) is 5.10 Å². The van der Waals surface area contributed by atoms with Crippen LogP contribution in [0.15, 0.2) is 30.6 Å². The Labute approximate surface area is 92.1 Å². The van der Waals surface area contributed by atoms with Crippen molar-refractivity contribution in [2.75, 3.05) is 0 Å². The molecule has 2 rings (SSSR count). The maximum absolute atomic E-state index is 9.96. The fourth-order valence-corrected chi connectivity index (χ4v) is 1.54. The van der Waals surface area contributed by atoms with Gasteiger partial charge in [-0.05, 0) is 18.2 Å². The monoisotopic (exact) mass is 223 g/mol. The minimum atomic E-state index is -0.875. The first-order chi connectivity index (χ1) is 7.18. The zero-order valence-electron chi connectivity index (χ0n) is 8.13. The lowest BCUT2D eigenvalue weighted by atomic mass is 10.2. The molecule has 0 aromatic carbocycles. The molecule has 2 aromatic rings. The zero-order valence-corrected chi connectivity index (χ0v) is 8.89. The van der Waals surface area contributed by atoms with Gasteiger partial charge in [0.2, 0.25) is 0 Å². The third-order valence-corrected chi connectivity index (χ3v) is 2.38. The number of hydrogen-bond acceptors (Lipinski definition) is 3. The molecule has 0 aliphatic heterocycles. The molecule has 1 unspecified atom stereocenters. The van der Waals surface area contributed by atoms with Gasteiger partial charge in [0.25, 0.3) is 0 Å². The van der Waals surface area contributed by atoms with Gasteiger partial charge >= 0.3 is 0 Å². The van der Waals surface area contributed by atoms with Crippen molar-refractivity contribution < 1.29 is 5.11 Å². The van der Waals surface area contributed by atoms with Crippen molar-refractivity contribution in [3.05, 3.63) is 47.0 Å². The highest BCUT2D eigenvalue weighted by Crippen LogP contribution is 2.24. The van der Waals surface area contributed by atoms with Crippen LogP contribution in [0.2, 0.25) is 5.02 Å². The molecule has 0 saturated carbocycles. The number of aromatic nitrogens is 3. The van der Waals surface area contributed by atoms with E-state index in [0.29, 0.717) is 16.4 Å². The lowest BCUT2D eigenvalue weighted by molar-refractivity contribution is 0.209. The molecule has 0 amide bonds. The van der Waals surface area contributed by atoms with E-state index in [2.05, 4.69) is 10.1 Å². The highest BCUT2D eigenvalue weighted by molar-refractivity contribution is 6.31. The Morgan fingerprint density at radius 1 is 1.47 bits per heavy atom. The van der Waals surface area contributed by atoms with E-state index in [1.165, 1.54) is 0 Å².